The molecule has 1 aromatic heterocycles. The van der Waals surface area contributed by atoms with Crippen LogP contribution in [-0.4, -0.2) is 61.4 Å². The minimum absolute atomic E-state index is 0.0136. The fraction of sp³-hybridized carbons (Fsp3) is 0.471. The number of nitrogens with one attached hydrogen (secondary N) is 1. The Kier molecular flexibility index (Phi) is 3.71. The van der Waals surface area contributed by atoms with Crippen molar-refractivity contribution >= 4 is 16.8 Å². The zero-order valence-electron chi connectivity index (χ0n) is 13.1. The van der Waals surface area contributed by atoms with E-state index in [9.17, 15) is 4.79 Å². The lowest BCUT2D eigenvalue weighted by molar-refractivity contribution is -0.124. The molecule has 2 aliphatic rings. The standard InChI is InChI=1S/C17H20N2O4/c1-21-15-4-2-3-12-11(15)9-13(18-12)17(20)19-6-8-23-16-10-22-7-5-14(16)19/h2-4,9,14,16,18H,5-8,10H2,1H3/t14-,16+/m0/s1. The number of aromatic nitrogens is 1. The van der Waals surface area contributed by atoms with Crippen LogP contribution in [0.3, 0.4) is 0 Å². The highest BCUT2D eigenvalue weighted by molar-refractivity contribution is 5.99. The molecule has 0 saturated carbocycles. The summed E-state index contributed by atoms with van der Waals surface area (Å²) in [6, 6.07) is 7.73. The Labute approximate surface area is 134 Å². The van der Waals surface area contributed by atoms with Gasteiger partial charge in [-0.2, -0.15) is 0 Å². The number of rotatable bonds is 2. The number of amides is 1. The molecule has 0 bridgehead atoms. The molecule has 1 amide bonds. The van der Waals surface area contributed by atoms with Gasteiger partial charge in [0.25, 0.3) is 5.91 Å². The van der Waals surface area contributed by atoms with E-state index in [4.69, 9.17) is 14.2 Å². The van der Waals surface area contributed by atoms with Crippen molar-refractivity contribution in [2.75, 3.05) is 33.5 Å². The van der Waals surface area contributed by atoms with Gasteiger partial charge in [0.15, 0.2) is 0 Å². The lowest BCUT2D eigenvalue weighted by Gasteiger charge is -2.43. The number of fused-ring (bicyclic) bond motifs is 2. The second kappa shape index (κ2) is 5.86. The molecule has 0 radical (unpaired) electrons. The molecular formula is C17H20N2O4. The third kappa shape index (κ3) is 2.48. The lowest BCUT2D eigenvalue weighted by atomic mass is 10.0. The molecule has 2 aromatic rings. The first-order chi connectivity index (χ1) is 11.3. The van der Waals surface area contributed by atoms with Crippen molar-refractivity contribution < 1.29 is 19.0 Å². The Hall–Kier alpha value is -2.05. The molecule has 2 atom stereocenters. The van der Waals surface area contributed by atoms with Crippen molar-refractivity contribution in [2.24, 2.45) is 0 Å². The maximum absolute atomic E-state index is 13.0. The summed E-state index contributed by atoms with van der Waals surface area (Å²) >= 11 is 0. The van der Waals surface area contributed by atoms with Crippen molar-refractivity contribution in [3.8, 4) is 5.75 Å². The largest absolute Gasteiger partial charge is 0.496 e. The fourth-order valence-electron chi connectivity index (χ4n) is 3.51. The topological polar surface area (TPSA) is 63.8 Å². The number of carbonyl (C=O) groups excluding carboxylic acids is 1. The zero-order valence-corrected chi connectivity index (χ0v) is 13.1. The zero-order chi connectivity index (χ0) is 15.8. The molecule has 3 heterocycles. The Balaban J connectivity index is 1.65. The number of benzene rings is 1. The lowest BCUT2D eigenvalue weighted by Crippen LogP contribution is -2.57. The fourth-order valence-corrected chi connectivity index (χ4v) is 3.51. The van der Waals surface area contributed by atoms with E-state index in [1.807, 2.05) is 29.2 Å². The van der Waals surface area contributed by atoms with Crippen LogP contribution in [0.2, 0.25) is 0 Å². The van der Waals surface area contributed by atoms with E-state index in [-0.39, 0.29) is 18.1 Å². The monoisotopic (exact) mass is 316 g/mol. The number of nitrogens with zero attached hydrogens (tertiary/aromatic N) is 1. The van der Waals surface area contributed by atoms with Crippen molar-refractivity contribution in [1.82, 2.24) is 9.88 Å². The van der Waals surface area contributed by atoms with Crippen molar-refractivity contribution in [2.45, 2.75) is 18.6 Å². The molecule has 4 rings (SSSR count). The van der Waals surface area contributed by atoms with Crippen LogP contribution in [0.25, 0.3) is 10.9 Å². The normalized spacial score (nSPS) is 24.5. The van der Waals surface area contributed by atoms with E-state index in [2.05, 4.69) is 4.98 Å². The number of methoxy groups -OCH3 is 1. The van der Waals surface area contributed by atoms with Crippen molar-refractivity contribution in [1.29, 1.82) is 0 Å². The average Bonchev–Trinajstić information content (AvgIpc) is 3.04. The first kappa shape index (κ1) is 14.5. The number of ether oxygens (including phenoxy) is 3. The van der Waals surface area contributed by atoms with Gasteiger partial charge < -0.3 is 24.1 Å². The minimum atomic E-state index is -0.0136. The van der Waals surface area contributed by atoms with Gasteiger partial charge in [-0.3, -0.25) is 4.79 Å². The summed E-state index contributed by atoms with van der Waals surface area (Å²) in [5.41, 5.74) is 1.50. The van der Waals surface area contributed by atoms with Gasteiger partial charge in [-0.05, 0) is 24.6 Å². The van der Waals surface area contributed by atoms with E-state index < -0.39 is 0 Å². The van der Waals surface area contributed by atoms with E-state index >= 15 is 0 Å². The molecule has 0 spiro atoms. The Morgan fingerprint density at radius 1 is 1.39 bits per heavy atom. The van der Waals surface area contributed by atoms with E-state index in [0.717, 1.165) is 23.1 Å². The van der Waals surface area contributed by atoms with Gasteiger partial charge in [0.2, 0.25) is 0 Å². The molecular weight excluding hydrogens is 296 g/mol. The molecule has 6 heteroatoms. The van der Waals surface area contributed by atoms with Crippen LogP contribution in [0.4, 0.5) is 0 Å². The average molecular weight is 316 g/mol. The van der Waals surface area contributed by atoms with Gasteiger partial charge in [0.1, 0.15) is 17.5 Å². The molecule has 0 aliphatic carbocycles. The Morgan fingerprint density at radius 3 is 3.17 bits per heavy atom. The van der Waals surface area contributed by atoms with Crippen molar-refractivity contribution in [3.05, 3.63) is 30.0 Å². The summed E-state index contributed by atoms with van der Waals surface area (Å²) in [7, 11) is 1.64. The van der Waals surface area contributed by atoms with Crippen LogP contribution in [0.1, 0.15) is 16.9 Å². The number of hydrogen-bond acceptors (Lipinski definition) is 4. The highest BCUT2D eigenvalue weighted by Crippen LogP contribution is 2.28. The SMILES string of the molecule is COc1cccc2[nH]c(C(=O)N3CCO[C@@H]4COCC[C@@H]43)cc12. The van der Waals surface area contributed by atoms with Crippen LogP contribution in [0.5, 0.6) is 5.75 Å². The van der Waals surface area contributed by atoms with Gasteiger partial charge in [-0.25, -0.2) is 0 Å². The number of hydrogen-bond donors (Lipinski definition) is 1. The van der Waals surface area contributed by atoms with Crippen LogP contribution >= 0.6 is 0 Å². The summed E-state index contributed by atoms with van der Waals surface area (Å²) in [5.74, 6) is 0.784. The molecule has 23 heavy (non-hydrogen) atoms. The predicted octanol–water partition coefficient (Wildman–Crippen LogP) is 1.81. The maximum atomic E-state index is 13.0. The van der Waals surface area contributed by atoms with Gasteiger partial charge in [-0.15, -0.1) is 0 Å². The molecule has 1 aromatic carbocycles. The summed E-state index contributed by atoms with van der Waals surface area (Å²) in [4.78, 5) is 18.1. The molecule has 2 saturated heterocycles. The highest BCUT2D eigenvalue weighted by atomic mass is 16.5. The van der Waals surface area contributed by atoms with Crippen LogP contribution in [0.15, 0.2) is 24.3 Å². The van der Waals surface area contributed by atoms with Gasteiger partial charge in [-0.1, -0.05) is 6.07 Å². The van der Waals surface area contributed by atoms with Gasteiger partial charge in [0, 0.05) is 24.1 Å². The molecule has 0 unspecified atom stereocenters. The Morgan fingerprint density at radius 2 is 2.30 bits per heavy atom. The van der Waals surface area contributed by atoms with Crippen molar-refractivity contribution in [3.63, 3.8) is 0 Å². The summed E-state index contributed by atoms with van der Waals surface area (Å²) in [6.45, 7) is 2.41. The van der Waals surface area contributed by atoms with Gasteiger partial charge >= 0.3 is 0 Å². The first-order valence-electron chi connectivity index (χ1n) is 7.94. The molecule has 2 fully saturated rings. The number of carbonyl (C=O) groups is 1. The summed E-state index contributed by atoms with van der Waals surface area (Å²) < 4.78 is 16.6. The third-order valence-electron chi connectivity index (χ3n) is 4.67. The second-order valence-electron chi connectivity index (χ2n) is 5.94. The maximum Gasteiger partial charge on any atom is 0.270 e. The minimum Gasteiger partial charge on any atom is -0.496 e. The number of aromatic amines is 1. The Bertz CT molecular complexity index is 724. The molecule has 1 N–H and O–H groups in total. The second-order valence-corrected chi connectivity index (χ2v) is 5.94. The number of H-pyrrole nitrogens is 1. The molecule has 2 aliphatic heterocycles. The third-order valence-corrected chi connectivity index (χ3v) is 4.67. The van der Waals surface area contributed by atoms with E-state index in [0.29, 0.717) is 32.1 Å². The summed E-state index contributed by atoms with van der Waals surface area (Å²) in [6.07, 6.45) is 0.806. The predicted molar refractivity (Wildman–Crippen MR) is 84.9 cm³/mol. The highest BCUT2D eigenvalue weighted by Gasteiger charge is 2.38. The summed E-state index contributed by atoms with van der Waals surface area (Å²) in [5, 5.41) is 0.926. The van der Waals surface area contributed by atoms with Crippen LogP contribution in [0, 0.1) is 0 Å². The molecule has 6 nitrogen and oxygen atoms in total. The smallest absolute Gasteiger partial charge is 0.270 e. The van der Waals surface area contributed by atoms with E-state index in [1.165, 1.54) is 0 Å². The quantitative estimate of drug-likeness (QED) is 0.918. The molecule has 122 valence electrons. The number of morpholine rings is 1. The van der Waals surface area contributed by atoms with E-state index in [1.54, 1.807) is 7.11 Å². The first-order valence-corrected chi connectivity index (χ1v) is 7.94. The van der Waals surface area contributed by atoms with Crippen LogP contribution < -0.4 is 4.74 Å². The van der Waals surface area contributed by atoms with Crippen LogP contribution in [-0.2, 0) is 9.47 Å². The van der Waals surface area contributed by atoms with Gasteiger partial charge in [0.05, 0.1) is 26.4 Å².